The fourth-order valence-corrected chi connectivity index (χ4v) is 4.20. The Morgan fingerprint density at radius 2 is 2.08 bits per heavy atom. The number of fused-ring (bicyclic) bond motifs is 2. The highest BCUT2D eigenvalue weighted by atomic mass is 16.5. The molecule has 1 spiro atoms. The van der Waals surface area contributed by atoms with Gasteiger partial charge in [0.2, 0.25) is 5.88 Å². The molecule has 136 valence electrons. The zero-order chi connectivity index (χ0) is 17.8. The number of nitrogens with one attached hydrogen (secondary N) is 1. The second kappa shape index (κ2) is 5.69. The number of pyridine rings is 1. The molecular weight excluding hydrogens is 326 g/mol. The molecule has 5 rings (SSSR count). The number of benzene rings is 1. The molecule has 26 heavy (non-hydrogen) atoms. The molecule has 0 atom stereocenters. The lowest BCUT2D eigenvalue weighted by molar-refractivity contribution is -0.0944. The third-order valence-electron chi connectivity index (χ3n) is 5.88. The van der Waals surface area contributed by atoms with E-state index in [0.717, 1.165) is 44.1 Å². The molecule has 1 saturated carbocycles. The topological polar surface area (TPSA) is 46.6 Å². The Kier molecular flexibility index (Phi) is 3.52. The summed E-state index contributed by atoms with van der Waals surface area (Å²) >= 11 is 0. The molecule has 0 bridgehead atoms. The molecule has 1 aromatic heterocycles. The van der Waals surface area contributed by atoms with Crippen molar-refractivity contribution in [2.45, 2.75) is 50.9 Å². The van der Waals surface area contributed by atoms with Gasteiger partial charge < -0.3 is 14.4 Å². The summed E-state index contributed by atoms with van der Waals surface area (Å²) in [4.78, 5) is 6.80. The maximum Gasteiger partial charge on any atom is 0.219 e. The van der Waals surface area contributed by atoms with Gasteiger partial charge in [-0.05, 0) is 62.4 Å². The summed E-state index contributed by atoms with van der Waals surface area (Å²) in [5.41, 5.74) is 3.82. The molecule has 0 unspecified atom stereocenters. The fraction of sp³-hybridized carbons (Fsp3) is 0.476. The van der Waals surface area contributed by atoms with Gasteiger partial charge >= 0.3 is 0 Å². The largest absolute Gasteiger partial charge is 0.439 e. The molecule has 1 aromatic carbocycles. The minimum absolute atomic E-state index is 0.0401. The normalized spacial score (nSPS) is 22.3. The molecule has 2 aromatic rings. The highest BCUT2D eigenvalue weighted by Gasteiger charge is 2.45. The fourth-order valence-electron chi connectivity index (χ4n) is 4.20. The van der Waals surface area contributed by atoms with Crippen molar-refractivity contribution in [1.29, 1.82) is 0 Å². The molecule has 3 heterocycles. The molecule has 5 nitrogen and oxygen atoms in total. The maximum atomic E-state index is 6.06. The Labute approximate surface area is 154 Å². The first-order valence-corrected chi connectivity index (χ1v) is 9.44. The zero-order valence-electron chi connectivity index (χ0n) is 15.4. The van der Waals surface area contributed by atoms with E-state index >= 15 is 0 Å². The van der Waals surface area contributed by atoms with Crippen LogP contribution in [0.1, 0.15) is 44.2 Å². The predicted octanol–water partition coefficient (Wildman–Crippen LogP) is 3.93. The number of nitrogens with zero attached hydrogens (tertiary/aromatic N) is 2. The van der Waals surface area contributed by atoms with Gasteiger partial charge in [0, 0.05) is 18.2 Å². The van der Waals surface area contributed by atoms with Crippen LogP contribution in [0.4, 0.5) is 5.69 Å². The van der Waals surface area contributed by atoms with Crippen LogP contribution in [0.25, 0.3) is 0 Å². The minimum Gasteiger partial charge on any atom is -0.439 e. The lowest BCUT2D eigenvalue weighted by atomic mass is 9.75. The van der Waals surface area contributed by atoms with Gasteiger partial charge in [-0.25, -0.2) is 4.98 Å². The van der Waals surface area contributed by atoms with Crippen molar-refractivity contribution in [2.75, 3.05) is 18.1 Å². The van der Waals surface area contributed by atoms with Crippen LogP contribution in [0.15, 0.2) is 36.5 Å². The highest BCUT2D eigenvalue weighted by Crippen LogP contribution is 2.51. The van der Waals surface area contributed by atoms with Gasteiger partial charge in [-0.3, -0.25) is 5.32 Å². The first-order chi connectivity index (χ1) is 12.5. The summed E-state index contributed by atoms with van der Waals surface area (Å²) in [5.74, 6) is 1.46. The number of ether oxygens (including phenoxy) is 2. The average molecular weight is 351 g/mol. The summed E-state index contributed by atoms with van der Waals surface area (Å²) in [6, 6.07) is 10.3. The second-order valence-electron chi connectivity index (χ2n) is 8.33. The molecule has 5 heteroatoms. The number of anilines is 1. The van der Waals surface area contributed by atoms with Gasteiger partial charge in [0.25, 0.3) is 0 Å². The zero-order valence-corrected chi connectivity index (χ0v) is 15.4. The van der Waals surface area contributed by atoms with Crippen LogP contribution in [0.5, 0.6) is 11.6 Å². The van der Waals surface area contributed by atoms with Crippen LogP contribution in [0, 0.1) is 0 Å². The summed E-state index contributed by atoms with van der Waals surface area (Å²) < 4.78 is 12.1. The standard InChI is InChI=1S/C21H25N3O2/c1-20(2)13-24(14-23-20)16-5-7-19(22-11-16)26-17-6-4-15-12-25-21(8-3-9-21)18(15)10-17/h4-7,10-11,23H,3,8-9,12-14H2,1-2H3. The van der Waals surface area contributed by atoms with Crippen molar-refractivity contribution in [2.24, 2.45) is 0 Å². The van der Waals surface area contributed by atoms with Gasteiger partial charge in [-0.2, -0.15) is 0 Å². The predicted molar refractivity (Wildman–Crippen MR) is 100 cm³/mol. The van der Waals surface area contributed by atoms with Crippen LogP contribution in [0.3, 0.4) is 0 Å². The number of rotatable bonds is 3. The van der Waals surface area contributed by atoms with Crippen molar-refractivity contribution < 1.29 is 9.47 Å². The Morgan fingerprint density at radius 3 is 2.73 bits per heavy atom. The SMILES string of the molecule is CC1(C)CN(c2ccc(Oc3ccc4c(c3)C3(CCC3)OC4)nc2)CN1. The van der Waals surface area contributed by atoms with Gasteiger partial charge in [0.1, 0.15) is 5.75 Å². The van der Waals surface area contributed by atoms with Crippen molar-refractivity contribution in [3.8, 4) is 11.6 Å². The van der Waals surface area contributed by atoms with E-state index in [2.05, 4.69) is 47.2 Å². The van der Waals surface area contributed by atoms with Gasteiger partial charge in [0.05, 0.1) is 30.8 Å². The molecule has 1 saturated heterocycles. The van der Waals surface area contributed by atoms with Crippen LogP contribution >= 0.6 is 0 Å². The van der Waals surface area contributed by atoms with E-state index in [1.807, 2.05) is 18.3 Å². The lowest BCUT2D eigenvalue weighted by Crippen LogP contribution is -2.34. The lowest BCUT2D eigenvalue weighted by Gasteiger charge is -2.38. The van der Waals surface area contributed by atoms with E-state index in [1.54, 1.807) is 0 Å². The summed E-state index contributed by atoms with van der Waals surface area (Å²) in [6.45, 7) is 6.97. The highest BCUT2D eigenvalue weighted by molar-refractivity contribution is 5.48. The molecule has 1 N–H and O–H groups in total. The molecule has 1 aliphatic carbocycles. The van der Waals surface area contributed by atoms with Crippen molar-refractivity contribution in [3.05, 3.63) is 47.7 Å². The van der Waals surface area contributed by atoms with E-state index in [-0.39, 0.29) is 11.1 Å². The number of hydrogen-bond donors (Lipinski definition) is 1. The van der Waals surface area contributed by atoms with Crippen molar-refractivity contribution in [1.82, 2.24) is 10.3 Å². The third kappa shape index (κ3) is 2.66. The van der Waals surface area contributed by atoms with Crippen LogP contribution in [-0.4, -0.2) is 23.7 Å². The molecule has 2 fully saturated rings. The molecule has 2 aliphatic heterocycles. The molecular formula is C21H25N3O2. The van der Waals surface area contributed by atoms with Crippen LogP contribution in [-0.2, 0) is 16.9 Å². The van der Waals surface area contributed by atoms with Gasteiger partial charge in [-0.15, -0.1) is 0 Å². The summed E-state index contributed by atoms with van der Waals surface area (Å²) in [6.07, 6.45) is 5.38. The second-order valence-corrected chi connectivity index (χ2v) is 8.33. The summed E-state index contributed by atoms with van der Waals surface area (Å²) in [7, 11) is 0. The van der Waals surface area contributed by atoms with E-state index in [1.165, 1.54) is 17.5 Å². The van der Waals surface area contributed by atoms with E-state index < -0.39 is 0 Å². The van der Waals surface area contributed by atoms with Gasteiger partial charge in [0.15, 0.2) is 0 Å². The smallest absolute Gasteiger partial charge is 0.219 e. The van der Waals surface area contributed by atoms with E-state index in [4.69, 9.17) is 9.47 Å². The molecule has 0 amide bonds. The van der Waals surface area contributed by atoms with Crippen molar-refractivity contribution >= 4 is 5.69 Å². The Morgan fingerprint density at radius 1 is 1.19 bits per heavy atom. The first kappa shape index (κ1) is 16.1. The average Bonchev–Trinajstić information content (AvgIpc) is 3.15. The van der Waals surface area contributed by atoms with E-state index in [9.17, 15) is 0 Å². The summed E-state index contributed by atoms with van der Waals surface area (Å²) in [5, 5.41) is 3.50. The van der Waals surface area contributed by atoms with Crippen LogP contribution in [0.2, 0.25) is 0 Å². The monoisotopic (exact) mass is 351 g/mol. The minimum atomic E-state index is -0.0401. The van der Waals surface area contributed by atoms with Crippen LogP contribution < -0.4 is 15.0 Å². The number of aromatic nitrogens is 1. The van der Waals surface area contributed by atoms with Crippen molar-refractivity contribution in [3.63, 3.8) is 0 Å². The Balaban J connectivity index is 1.32. The number of hydrogen-bond acceptors (Lipinski definition) is 5. The maximum absolute atomic E-state index is 6.06. The van der Waals surface area contributed by atoms with E-state index in [0.29, 0.717) is 5.88 Å². The Hall–Kier alpha value is -2.11. The molecule has 3 aliphatic rings. The first-order valence-electron chi connectivity index (χ1n) is 9.44. The third-order valence-corrected chi connectivity index (χ3v) is 5.88. The van der Waals surface area contributed by atoms with Gasteiger partial charge in [-0.1, -0.05) is 6.07 Å². The Bertz CT molecular complexity index is 828. The quantitative estimate of drug-likeness (QED) is 0.908. The molecule has 0 radical (unpaired) electrons.